The summed E-state index contributed by atoms with van der Waals surface area (Å²) in [4.78, 5) is 0. The van der Waals surface area contributed by atoms with Crippen LogP contribution in [0.2, 0.25) is 5.02 Å². The summed E-state index contributed by atoms with van der Waals surface area (Å²) in [6.45, 7) is 0. The Morgan fingerprint density at radius 1 is 1.21 bits per heavy atom. The third-order valence-electron chi connectivity index (χ3n) is 3.06. The highest BCUT2D eigenvalue weighted by molar-refractivity contribution is 9.10. The van der Waals surface area contributed by atoms with E-state index in [0.717, 1.165) is 22.6 Å². The van der Waals surface area contributed by atoms with Gasteiger partial charge in [0.25, 0.3) is 0 Å². The molecule has 0 saturated heterocycles. The van der Waals surface area contributed by atoms with Crippen LogP contribution >= 0.6 is 27.5 Å². The van der Waals surface area contributed by atoms with Crippen LogP contribution in [-0.4, -0.2) is 7.05 Å². The van der Waals surface area contributed by atoms with Gasteiger partial charge < -0.3 is 5.32 Å². The van der Waals surface area contributed by atoms with Crippen LogP contribution < -0.4 is 5.32 Å². The lowest BCUT2D eigenvalue weighted by Gasteiger charge is -2.18. The molecule has 2 aromatic rings. The normalized spacial score (nSPS) is 12.4. The molecular formula is C15H14BrClFN. The van der Waals surface area contributed by atoms with Crippen molar-refractivity contribution < 1.29 is 4.39 Å². The maximum absolute atomic E-state index is 13.6. The summed E-state index contributed by atoms with van der Waals surface area (Å²) in [5.74, 6) is -0.242. The van der Waals surface area contributed by atoms with Gasteiger partial charge >= 0.3 is 0 Å². The molecule has 0 spiro atoms. The van der Waals surface area contributed by atoms with E-state index < -0.39 is 0 Å². The summed E-state index contributed by atoms with van der Waals surface area (Å²) in [5.41, 5.74) is 2.07. The molecule has 1 N–H and O–H groups in total. The minimum Gasteiger partial charge on any atom is -0.313 e. The van der Waals surface area contributed by atoms with Crippen LogP contribution in [0, 0.1) is 5.82 Å². The largest absolute Gasteiger partial charge is 0.313 e. The van der Waals surface area contributed by atoms with Gasteiger partial charge in [0.15, 0.2) is 0 Å². The summed E-state index contributed by atoms with van der Waals surface area (Å²) >= 11 is 9.18. The summed E-state index contributed by atoms with van der Waals surface area (Å²) in [5, 5.41) is 3.94. The van der Waals surface area contributed by atoms with E-state index in [4.69, 9.17) is 11.6 Å². The second-order valence-corrected chi connectivity index (χ2v) is 5.54. The fourth-order valence-electron chi connectivity index (χ4n) is 2.01. The van der Waals surface area contributed by atoms with Crippen LogP contribution in [-0.2, 0) is 6.42 Å². The van der Waals surface area contributed by atoms with Gasteiger partial charge in [0.2, 0.25) is 0 Å². The predicted molar refractivity (Wildman–Crippen MR) is 81.1 cm³/mol. The van der Waals surface area contributed by atoms with Gasteiger partial charge in [0.05, 0.1) is 4.47 Å². The number of hydrogen-bond donors (Lipinski definition) is 1. The topological polar surface area (TPSA) is 12.0 Å². The first-order chi connectivity index (χ1) is 9.11. The monoisotopic (exact) mass is 341 g/mol. The highest BCUT2D eigenvalue weighted by Gasteiger charge is 2.15. The van der Waals surface area contributed by atoms with E-state index in [0.29, 0.717) is 4.47 Å². The zero-order valence-corrected chi connectivity index (χ0v) is 12.8. The van der Waals surface area contributed by atoms with Crippen LogP contribution in [0.5, 0.6) is 0 Å². The Morgan fingerprint density at radius 3 is 2.53 bits per heavy atom. The van der Waals surface area contributed by atoms with Crippen molar-refractivity contribution in [3.63, 3.8) is 0 Å². The minimum atomic E-state index is -0.242. The van der Waals surface area contributed by atoms with Gasteiger partial charge in [0.1, 0.15) is 5.82 Å². The van der Waals surface area contributed by atoms with E-state index >= 15 is 0 Å². The van der Waals surface area contributed by atoms with Crippen molar-refractivity contribution in [3.05, 3.63) is 68.9 Å². The number of benzene rings is 2. The molecule has 0 fully saturated rings. The second-order valence-electron chi connectivity index (χ2n) is 4.31. The summed E-state index contributed by atoms with van der Waals surface area (Å²) in [7, 11) is 1.87. The predicted octanol–water partition coefficient (Wildman–Crippen LogP) is 4.74. The average Bonchev–Trinajstić information content (AvgIpc) is 2.42. The zero-order valence-electron chi connectivity index (χ0n) is 10.5. The lowest BCUT2D eigenvalue weighted by atomic mass is 9.99. The molecule has 0 aliphatic heterocycles. The fourth-order valence-corrected chi connectivity index (χ4v) is 2.68. The van der Waals surface area contributed by atoms with Crippen molar-refractivity contribution in [3.8, 4) is 0 Å². The molecule has 1 atom stereocenters. The Balaban J connectivity index is 2.25. The second kappa shape index (κ2) is 6.51. The van der Waals surface area contributed by atoms with Gasteiger partial charge in [-0.2, -0.15) is 0 Å². The van der Waals surface area contributed by atoms with Gasteiger partial charge in [-0.3, -0.25) is 0 Å². The molecule has 4 heteroatoms. The number of rotatable bonds is 4. The van der Waals surface area contributed by atoms with Crippen molar-refractivity contribution >= 4 is 27.5 Å². The molecule has 0 heterocycles. The summed E-state index contributed by atoms with van der Waals surface area (Å²) < 4.78 is 14.1. The van der Waals surface area contributed by atoms with Gasteiger partial charge in [-0.1, -0.05) is 35.9 Å². The highest BCUT2D eigenvalue weighted by Crippen LogP contribution is 2.28. The molecular weight excluding hydrogens is 329 g/mol. The Bertz CT molecular complexity index is 557. The molecule has 19 heavy (non-hydrogen) atoms. The lowest BCUT2D eigenvalue weighted by Crippen LogP contribution is -2.19. The van der Waals surface area contributed by atoms with Crippen molar-refractivity contribution in [2.75, 3.05) is 7.05 Å². The van der Waals surface area contributed by atoms with E-state index in [1.54, 1.807) is 6.07 Å². The maximum atomic E-state index is 13.6. The van der Waals surface area contributed by atoms with Crippen molar-refractivity contribution in [1.29, 1.82) is 0 Å². The van der Waals surface area contributed by atoms with E-state index in [1.165, 1.54) is 6.07 Å². The van der Waals surface area contributed by atoms with Gasteiger partial charge in [-0.15, -0.1) is 0 Å². The molecule has 0 aromatic heterocycles. The first-order valence-corrected chi connectivity index (χ1v) is 7.14. The summed E-state index contributed by atoms with van der Waals surface area (Å²) in [6, 6.07) is 12.8. The molecule has 0 aliphatic rings. The third-order valence-corrected chi connectivity index (χ3v) is 4.15. The zero-order chi connectivity index (χ0) is 13.8. The average molecular weight is 343 g/mol. The van der Waals surface area contributed by atoms with Crippen LogP contribution in [0.15, 0.2) is 46.9 Å². The smallest absolute Gasteiger partial charge is 0.137 e. The lowest BCUT2D eigenvalue weighted by molar-refractivity contribution is 0.571. The Labute approximate surface area is 125 Å². The van der Waals surface area contributed by atoms with Crippen LogP contribution in [0.25, 0.3) is 0 Å². The van der Waals surface area contributed by atoms with E-state index in [1.807, 2.05) is 37.4 Å². The van der Waals surface area contributed by atoms with Crippen LogP contribution in [0.1, 0.15) is 17.2 Å². The molecule has 2 rings (SSSR count). The molecule has 1 nitrogen and oxygen atoms in total. The van der Waals surface area contributed by atoms with E-state index in [9.17, 15) is 4.39 Å². The quantitative estimate of drug-likeness (QED) is 0.846. The van der Waals surface area contributed by atoms with Gasteiger partial charge in [-0.05, 0) is 58.7 Å². The fraction of sp³-hybridized carbons (Fsp3) is 0.200. The molecule has 0 radical (unpaired) electrons. The van der Waals surface area contributed by atoms with Crippen molar-refractivity contribution in [2.45, 2.75) is 12.5 Å². The van der Waals surface area contributed by atoms with Crippen molar-refractivity contribution in [1.82, 2.24) is 5.32 Å². The minimum absolute atomic E-state index is 0.0475. The molecule has 0 amide bonds. The molecule has 1 unspecified atom stereocenters. The first kappa shape index (κ1) is 14.5. The van der Waals surface area contributed by atoms with Crippen molar-refractivity contribution in [2.24, 2.45) is 0 Å². The molecule has 0 saturated carbocycles. The number of nitrogens with one attached hydrogen (secondary N) is 1. The molecule has 0 aliphatic carbocycles. The Hall–Kier alpha value is -0.900. The Kier molecular flexibility index (Phi) is 4.97. The molecule has 2 aromatic carbocycles. The van der Waals surface area contributed by atoms with E-state index in [2.05, 4.69) is 21.2 Å². The summed E-state index contributed by atoms with van der Waals surface area (Å²) in [6.07, 6.45) is 0.774. The Morgan fingerprint density at radius 2 is 1.89 bits per heavy atom. The van der Waals surface area contributed by atoms with Crippen LogP contribution in [0.3, 0.4) is 0 Å². The first-order valence-electron chi connectivity index (χ1n) is 5.97. The highest BCUT2D eigenvalue weighted by atomic mass is 79.9. The number of likely N-dealkylation sites (N-methyl/N-ethyl adjacent to an activating group) is 1. The number of hydrogen-bond acceptors (Lipinski definition) is 1. The number of halogens is 3. The standard InChI is InChI=1S/C15H14BrClFN/c1-19-14(9-10-5-7-11(17)8-6-10)12-3-2-4-13(18)15(12)16/h2-8,14,19H,9H2,1H3. The van der Waals surface area contributed by atoms with Crippen LogP contribution in [0.4, 0.5) is 4.39 Å². The maximum Gasteiger partial charge on any atom is 0.137 e. The SMILES string of the molecule is CNC(Cc1ccc(Cl)cc1)c1cccc(F)c1Br. The third kappa shape index (κ3) is 3.56. The molecule has 0 bridgehead atoms. The van der Waals surface area contributed by atoms with Gasteiger partial charge in [0, 0.05) is 11.1 Å². The molecule has 100 valence electrons. The van der Waals surface area contributed by atoms with Gasteiger partial charge in [-0.25, -0.2) is 4.39 Å². The van der Waals surface area contributed by atoms with E-state index in [-0.39, 0.29) is 11.9 Å².